The first-order chi connectivity index (χ1) is 11.1. The van der Waals surface area contributed by atoms with Gasteiger partial charge in [0.05, 0.1) is 7.11 Å². The lowest BCUT2D eigenvalue weighted by Crippen LogP contribution is -2.21. The standard InChI is InChI=1S/C18H21ClN2O2/c1-4-21(5-2)15-8-6-13(18(11-15)23-3)12-20-16-10-14(19)7-9-17(16)22/h6-12,22H,4-5H2,1-3H3. The Bertz CT molecular complexity index is 697. The zero-order chi connectivity index (χ0) is 16.8. The Morgan fingerprint density at radius 2 is 1.91 bits per heavy atom. The molecule has 4 nitrogen and oxygen atoms in total. The van der Waals surface area contributed by atoms with E-state index in [9.17, 15) is 5.11 Å². The van der Waals surface area contributed by atoms with E-state index in [-0.39, 0.29) is 5.75 Å². The number of phenolic OH excluding ortho intramolecular Hbond substituents is 1. The number of rotatable bonds is 6. The van der Waals surface area contributed by atoms with Gasteiger partial charge in [-0.15, -0.1) is 0 Å². The van der Waals surface area contributed by atoms with Crippen LogP contribution < -0.4 is 9.64 Å². The molecule has 0 aliphatic heterocycles. The third kappa shape index (κ3) is 4.17. The Morgan fingerprint density at radius 3 is 2.57 bits per heavy atom. The molecule has 2 rings (SSSR count). The minimum absolute atomic E-state index is 0.0874. The molecule has 0 aliphatic carbocycles. The van der Waals surface area contributed by atoms with E-state index in [1.807, 2.05) is 18.2 Å². The maximum atomic E-state index is 9.81. The van der Waals surface area contributed by atoms with Crippen LogP contribution in [0.15, 0.2) is 41.4 Å². The molecule has 5 heteroatoms. The molecule has 2 aromatic rings. The summed E-state index contributed by atoms with van der Waals surface area (Å²) in [5.41, 5.74) is 2.37. The highest BCUT2D eigenvalue weighted by Gasteiger charge is 2.07. The zero-order valence-electron chi connectivity index (χ0n) is 13.6. The smallest absolute Gasteiger partial charge is 0.141 e. The molecule has 0 saturated carbocycles. The van der Waals surface area contributed by atoms with Gasteiger partial charge >= 0.3 is 0 Å². The Labute approximate surface area is 142 Å². The Kier molecular flexibility index (Phi) is 5.88. The fraction of sp³-hybridized carbons (Fsp3) is 0.278. The highest BCUT2D eigenvalue weighted by Crippen LogP contribution is 2.30. The molecule has 0 spiro atoms. The van der Waals surface area contributed by atoms with Crippen LogP contribution in [0.1, 0.15) is 19.4 Å². The average molecular weight is 333 g/mol. The molecule has 122 valence electrons. The van der Waals surface area contributed by atoms with Gasteiger partial charge in [0.2, 0.25) is 0 Å². The molecule has 2 aromatic carbocycles. The van der Waals surface area contributed by atoms with Crippen LogP contribution in [0.3, 0.4) is 0 Å². The van der Waals surface area contributed by atoms with Crippen LogP contribution in [0.2, 0.25) is 5.02 Å². The number of hydrogen-bond donors (Lipinski definition) is 1. The summed E-state index contributed by atoms with van der Waals surface area (Å²) >= 11 is 5.93. The molecule has 0 radical (unpaired) electrons. The number of benzene rings is 2. The number of hydrogen-bond acceptors (Lipinski definition) is 4. The van der Waals surface area contributed by atoms with Crippen LogP contribution in [-0.2, 0) is 0 Å². The number of phenols is 1. The van der Waals surface area contributed by atoms with Gasteiger partial charge in [0.25, 0.3) is 0 Å². The second-order valence-corrected chi connectivity index (χ2v) is 5.43. The third-order valence-electron chi connectivity index (χ3n) is 3.63. The zero-order valence-corrected chi connectivity index (χ0v) is 14.3. The SMILES string of the molecule is CCN(CC)c1ccc(C=Nc2cc(Cl)ccc2O)c(OC)c1. The van der Waals surface area contributed by atoms with Crippen LogP contribution >= 0.6 is 11.6 Å². The fourth-order valence-corrected chi connectivity index (χ4v) is 2.50. The van der Waals surface area contributed by atoms with Crippen molar-refractivity contribution in [3.8, 4) is 11.5 Å². The van der Waals surface area contributed by atoms with Crippen molar-refractivity contribution in [1.82, 2.24) is 0 Å². The van der Waals surface area contributed by atoms with Crippen molar-refractivity contribution < 1.29 is 9.84 Å². The van der Waals surface area contributed by atoms with Gasteiger partial charge in [0.15, 0.2) is 0 Å². The lowest BCUT2D eigenvalue weighted by Gasteiger charge is -2.22. The minimum Gasteiger partial charge on any atom is -0.506 e. The molecular weight excluding hydrogens is 312 g/mol. The highest BCUT2D eigenvalue weighted by molar-refractivity contribution is 6.30. The molecule has 0 unspecified atom stereocenters. The topological polar surface area (TPSA) is 45.1 Å². The number of anilines is 1. The monoisotopic (exact) mass is 332 g/mol. The third-order valence-corrected chi connectivity index (χ3v) is 3.86. The first kappa shape index (κ1) is 17.2. The van der Waals surface area contributed by atoms with Crippen LogP contribution in [0, 0.1) is 0 Å². The van der Waals surface area contributed by atoms with E-state index in [1.165, 1.54) is 6.07 Å². The fourth-order valence-electron chi connectivity index (χ4n) is 2.33. The molecule has 0 saturated heterocycles. The molecule has 0 atom stereocenters. The predicted octanol–water partition coefficient (Wildman–Crippen LogP) is 4.65. The highest BCUT2D eigenvalue weighted by atomic mass is 35.5. The van der Waals surface area contributed by atoms with Gasteiger partial charge in [-0.1, -0.05) is 11.6 Å². The Morgan fingerprint density at radius 1 is 1.17 bits per heavy atom. The molecule has 0 heterocycles. The molecule has 1 N–H and O–H groups in total. The second kappa shape index (κ2) is 7.88. The largest absolute Gasteiger partial charge is 0.506 e. The van der Waals surface area contributed by atoms with Gasteiger partial charge in [-0.2, -0.15) is 0 Å². The molecule has 0 amide bonds. The quantitative estimate of drug-likeness (QED) is 0.783. The molecular formula is C18H21ClN2O2. The van der Waals surface area contributed by atoms with Crippen molar-refractivity contribution in [2.75, 3.05) is 25.1 Å². The number of aromatic hydroxyl groups is 1. The van der Waals surface area contributed by atoms with Gasteiger partial charge in [-0.25, -0.2) is 0 Å². The van der Waals surface area contributed by atoms with Crippen molar-refractivity contribution >= 4 is 29.2 Å². The van der Waals surface area contributed by atoms with Gasteiger partial charge in [0.1, 0.15) is 17.2 Å². The van der Waals surface area contributed by atoms with Crippen molar-refractivity contribution in [1.29, 1.82) is 0 Å². The number of ether oxygens (including phenoxy) is 1. The van der Waals surface area contributed by atoms with Crippen LogP contribution in [0.5, 0.6) is 11.5 Å². The van der Waals surface area contributed by atoms with Crippen molar-refractivity contribution in [2.45, 2.75) is 13.8 Å². The Balaban J connectivity index is 2.32. The van der Waals surface area contributed by atoms with Crippen molar-refractivity contribution in [2.24, 2.45) is 4.99 Å². The summed E-state index contributed by atoms with van der Waals surface area (Å²) in [6.45, 7) is 6.10. The summed E-state index contributed by atoms with van der Waals surface area (Å²) in [6.07, 6.45) is 1.66. The van der Waals surface area contributed by atoms with E-state index in [0.717, 1.165) is 30.1 Å². The van der Waals surface area contributed by atoms with Crippen LogP contribution in [-0.4, -0.2) is 31.5 Å². The maximum absolute atomic E-state index is 9.81. The van der Waals surface area contributed by atoms with Crippen molar-refractivity contribution in [3.63, 3.8) is 0 Å². The predicted molar refractivity (Wildman–Crippen MR) is 96.9 cm³/mol. The average Bonchev–Trinajstić information content (AvgIpc) is 2.57. The molecule has 0 aliphatic rings. The van der Waals surface area contributed by atoms with Gasteiger partial charge in [0, 0.05) is 41.6 Å². The lowest BCUT2D eigenvalue weighted by molar-refractivity contribution is 0.414. The Hall–Kier alpha value is -2.20. The normalized spacial score (nSPS) is 11.0. The minimum atomic E-state index is 0.0874. The summed E-state index contributed by atoms with van der Waals surface area (Å²) in [7, 11) is 1.63. The number of nitrogens with zero attached hydrogens (tertiary/aromatic N) is 2. The summed E-state index contributed by atoms with van der Waals surface area (Å²) in [6, 6.07) is 10.7. The first-order valence-corrected chi connectivity index (χ1v) is 7.92. The summed E-state index contributed by atoms with van der Waals surface area (Å²) in [5.74, 6) is 0.823. The van der Waals surface area contributed by atoms with Gasteiger partial charge < -0.3 is 14.7 Å². The van der Waals surface area contributed by atoms with E-state index in [0.29, 0.717) is 10.7 Å². The first-order valence-electron chi connectivity index (χ1n) is 7.54. The number of halogens is 1. The van der Waals surface area contributed by atoms with E-state index in [2.05, 4.69) is 23.7 Å². The van der Waals surface area contributed by atoms with E-state index >= 15 is 0 Å². The lowest BCUT2D eigenvalue weighted by atomic mass is 10.1. The van der Waals surface area contributed by atoms with E-state index < -0.39 is 0 Å². The van der Waals surface area contributed by atoms with E-state index in [4.69, 9.17) is 16.3 Å². The summed E-state index contributed by atoms with van der Waals surface area (Å²) in [5, 5.41) is 10.3. The van der Waals surface area contributed by atoms with E-state index in [1.54, 1.807) is 25.5 Å². The van der Waals surface area contributed by atoms with Gasteiger partial charge in [-0.3, -0.25) is 4.99 Å². The van der Waals surface area contributed by atoms with Crippen LogP contribution in [0.4, 0.5) is 11.4 Å². The molecule has 0 fully saturated rings. The molecule has 0 aromatic heterocycles. The second-order valence-electron chi connectivity index (χ2n) is 4.99. The number of aliphatic imine (C=N–C) groups is 1. The molecule has 23 heavy (non-hydrogen) atoms. The summed E-state index contributed by atoms with van der Waals surface area (Å²) in [4.78, 5) is 6.55. The maximum Gasteiger partial charge on any atom is 0.141 e. The molecule has 0 bridgehead atoms. The number of methoxy groups -OCH3 is 1. The van der Waals surface area contributed by atoms with Gasteiger partial charge in [-0.05, 0) is 44.2 Å². The summed E-state index contributed by atoms with van der Waals surface area (Å²) < 4.78 is 5.46. The van der Waals surface area contributed by atoms with Crippen LogP contribution in [0.25, 0.3) is 0 Å². The van der Waals surface area contributed by atoms with Crippen molar-refractivity contribution in [3.05, 3.63) is 47.0 Å².